The van der Waals surface area contributed by atoms with Crippen molar-refractivity contribution in [3.8, 4) is 0 Å². The van der Waals surface area contributed by atoms with Crippen LogP contribution in [0, 0.1) is 0 Å². The number of quaternary nitrogens is 1. The number of likely N-dealkylation sites (N-methyl/N-ethyl adjacent to an activating group) is 1. The van der Waals surface area contributed by atoms with Crippen molar-refractivity contribution >= 4 is 13.7 Å². The van der Waals surface area contributed by atoms with Gasteiger partial charge in [-0.05, 0) is 96.3 Å². The molecule has 454 valence electrons. The maximum atomic E-state index is 13.0. The van der Waals surface area contributed by atoms with Crippen LogP contribution in [0.2, 0.25) is 0 Å². The van der Waals surface area contributed by atoms with Gasteiger partial charge in [0.15, 0.2) is 0 Å². The second-order valence-corrected chi connectivity index (χ2v) is 24.1. The lowest BCUT2D eigenvalue weighted by Crippen LogP contribution is -2.45. The van der Waals surface area contributed by atoms with E-state index in [1.54, 1.807) is 6.08 Å². The second-order valence-electron chi connectivity index (χ2n) is 22.7. The fraction of sp³-hybridized carbons (Fsp3) is 0.700. The minimum absolute atomic E-state index is 0.0159. The number of carbonyl (C=O) groups is 1. The summed E-state index contributed by atoms with van der Waals surface area (Å²) in [6, 6.07) is -0.922. The molecule has 0 radical (unpaired) electrons. The van der Waals surface area contributed by atoms with E-state index >= 15 is 0 Å². The van der Waals surface area contributed by atoms with Gasteiger partial charge in [0.25, 0.3) is 7.82 Å². The number of amides is 1. The van der Waals surface area contributed by atoms with E-state index in [-0.39, 0.29) is 12.5 Å². The molecule has 0 spiro atoms. The van der Waals surface area contributed by atoms with Gasteiger partial charge >= 0.3 is 0 Å². The standard InChI is InChI=1S/C70H123N2O6P/c1-6-8-10-12-14-16-18-20-22-24-26-28-30-32-34-35-36-37-38-40-42-44-46-48-50-52-54-56-58-60-62-64-70(74)71-68(67-78-79(75,76)77-66-65-72(3,4)5)69(73)63-61-59-57-55-53-51-49-47-45-43-41-39-33-31-29-27-25-23-21-19-17-15-13-11-9-7-2/h8,10,14,16,20,22,26,28,32,34,36-37,40,42,46,48,53,55,61,63,68-69,73H,6-7,9,11-13,15,17-19,21,23-25,27,29-31,33,35,38-39,41,43-45,47,49-52,54,56-60,62,64-67H2,1-5H3,(H-,71,74,75,76)/b10-8-,16-14-,22-20-,28-26-,34-32-,37-36-,42-40-,48-46-,55-53+,63-61+. The topological polar surface area (TPSA) is 108 Å². The quantitative estimate of drug-likeness (QED) is 0.0272. The molecule has 0 fully saturated rings. The predicted molar refractivity (Wildman–Crippen MR) is 343 cm³/mol. The summed E-state index contributed by atoms with van der Waals surface area (Å²) >= 11 is 0. The molecular formula is C70H123N2O6P. The van der Waals surface area contributed by atoms with Gasteiger partial charge in [0, 0.05) is 6.42 Å². The molecule has 3 unspecified atom stereocenters. The Morgan fingerprint density at radius 1 is 0.456 bits per heavy atom. The van der Waals surface area contributed by atoms with Crippen molar-refractivity contribution in [3.63, 3.8) is 0 Å². The Labute approximate surface area is 488 Å². The molecule has 0 aromatic rings. The van der Waals surface area contributed by atoms with E-state index in [4.69, 9.17) is 9.05 Å². The number of nitrogens with one attached hydrogen (secondary N) is 1. The number of hydrogen-bond donors (Lipinski definition) is 2. The van der Waals surface area contributed by atoms with Gasteiger partial charge in [-0.1, -0.05) is 283 Å². The highest BCUT2D eigenvalue weighted by atomic mass is 31.2. The van der Waals surface area contributed by atoms with Crippen molar-refractivity contribution in [1.82, 2.24) is 5.32 Å². The number of allylic oxidation sites excluding steroid dienone is 19. The lowest BCUT2D eigenvalue weighted by Gasteiger charge is -2.29. The number of aliphatic hydroxyl groups is 1. The number of hydrogen-bond acceptors (Lipinski definition) is 6. The van der Waals surface area contributed by atoms with Gasteiger partial charge in [-0.2, -0.15) is 0 Å². The largest absolute Gasteiger partial charge is 0.756 e. The fourth-order valence-electron chi connectivity index (χ4n) is 8.89. The zero-order chi connectivity index (χ0) is 57.7. The Morgan fingerprint density at radius 3 is 1.18 bits per heavy atom. The van der Waals surface area contributed by atoms with Crippen LogP contribution >= 0.6 is 7.82 Å². The number of aliphatic hydroxyl groups excluding tert-OH is 1. The average Bonchev–Trinajstić information content (AvgIpc) is 3.42. The van der Waals surface area contributed by atoms with E-state index in [0.29, 0.717) is 17.4 Å². The normalized spacial score (nSPS) is 14.6. The highest BCUT2D eigenvalue weighted by Crippen LogP contribution is 2.38. The van der Waals surface area contributed by atoms with Crippen LogP contribution in [0.3, 0.4) is 0 Å². The molecule has 79 heavy (non-hydrogen) atoms. The van der Waals surface area contributed by atoms with E-state index in [1.807, 2.05) is 27.2 Å². The summed E-state index contributed by atoms with van der Waals surface area (Å²) in [6.07, 6.45) is 88.7. The van der Waals surface area contributed by atoms with Crippen molar-refractivity contribution < 1.29 is 32.9 Å². The van der Waals surface area contributed by atoms with Gasteiger partial charge in [-0.15, -0.1) is 0 Å². The third kappa shape index (κ3) is 62.4. The Hall–Kier alpha value is -3.10. The van der Waals surface area contributed by atoms with Crippen molar-refractivity contribution in [1.29, 1.82) is 0 Å². The Balaban J connectivity index is 4.26. The molecule has 2 N–H and O–H groups in total. The highest BCUT2D eigenvalue weighted by molar-refractivity contribution is 7.45. The van der Waals surface area contributed by atoms with E-state index in [9.17, 15) is 19.4 Å². The summed E-state index contributed by atoms with van der Waals surface area (Å²) in [5, 5.41) is 13.9. The van der Waals surface area contributed by atoms with E-state index in [0.717, 1.165) is 116 Å². The van der Waals surface area contributed by atoms with Crippen LogP contribution < -0.4 is 10.2 Å². The smallest absolute Gasteiger partial charge is 0.268 e. The van der Waals surface area contributed by atoms with Crippen LogP contribution in [0.1, 0.15) is 264 Å². The molecule has 1 amide bonds. The summed E-state index contributed by atoms with van der Waals surface area (Å²) in [6.45, 7) is 4.51. The summed E-state index contributed by atoms with van der Waals surface area (Å²) in [5.74, 6) is -0.225. The van der Waals surface area contributed by atoms with Crippen molar-refractivity contribution in [2.75, 3.05) is 40.9 Å². The van der Waals surface area contributed by atoms with Crippen LogP contribution in [0.5, 0.6) is 0 Å². The first-order valence-electron chi connectivity index (χ1n) is 32.4. The van der Waals surface area contributed by atoms with Crippen molar-refractivity contribution in [2.45, 2.75) is 276 Å². The van der Waals surface area contributed by atoms with E-state index in [2.05, 4.69) is 129 Å². The van der Waals surface area contributed by atoms with Crippen LogP contribution in [-0.4, -0.2) is 68.5 Å². The Kier molecular flexibility index (Phi) is 57.2. The predicted octanol–water partition coefficient (Wildman–Crippen LogP) is 19.9. The molecule has 0 aliphatic rings. The number of rotatable bonds is 58. The lowest BCUT2D eigenvalue weighted by atomic mass is 10.0. The number of phosphoric acid groups is 1. The molecule has 0 saturated carbocycles. The molecule has 0 saturated heterocycles. The zero-order valence-electron chi connectivity index (χ0n) is 51.8. The maximum absolute atomic E-state index is 13.0. The summed E-state index contributed by atoms with van der Waals surface area (Å²) in [4.78, 5) is 25.6. The van der Waals surface area contributed by atoms with E-state index < -0.39 is 26.6 Å². The maximum Gasteiger partial charge on any atom is 0.268 e. The molecule has 9 heteroatoms. The molecule has 0 heterocycles. The first-order valence-corrected chi connectivity index (χ1v) is 33.9. The minimum atomic E-state index is -4.62. The van der Waals surface area contributed by atoms with Crippen LogP contribution in [0.25, 0.3) is 0 Å². The third-order valence-electron chi connectivity index (χ3n) is 13.9. The first kappa shape index (κ1) is 75.9. The molecule has 0 aromatic carbocycles. The van der Waals surface area contributed by atoms with Gasteiger partial charge in [-0.25, -0.2) is 0 Å². The van der Waals surface area contributed by atoms with Crippen LogP contribution in [-0.2, 0) is 18.4 Å². The van der Waals surface area contributed by atoms with Gasteiger partial charge in [0.2, 0.25) is 5.91 Å². The molecule has 8 nitrogen and oxygen atoms in total. The zero-order valence-corrected chi connectivity index (χ0v) is 52.7. The Morgan fingerprint density at radius 2 is 0.785 bits per heavy atom. The molecule has 0 aliphatic carbocycles. The monoisotopic (exact) mass is 1120 g/mol. The molecule has 0 aliphatic heterocycles. The lowest BCUT2D eigenvalue weighted by molar-refractivity contribution is -0.870. The fourth-order valence-corrected chi connectivity index (χ4v) is 9.61. The molecule has 0 rings (SSSR count). The summed E-state index contributed by atoms with van der Waals surface area (Å²) in [5.41, 5.74) is 0. The highest BCUT2D eigenvalue weighted by Gasteiger charge is 2.23. The first-order chi connectivity index (χ1) is 38.5. The SMILES string of the molecule is CC/C=C\C/C=C\C/C=C\C/C=C\C/C=C\C/C=C\C/C=C\C/C=C\CCCCCCCCC(=O)NC(COP(=O)([O-])OCC[N+](C)(C)C)C(O)/C=C/CC/C=C/CCCCCCCCCCCCCCCCCCCCCC. The van der Waals surface area contributed by atoms with Crippen LogP contribution in [0.15, 0.2) is 122 Å². The average molecular weight is 1120 g/mol. The molecular weight excluding hydrogens is 996 g/mol. The Bertz CT molecular complexity index is 1700. The van der Waals surface area contributed by atoms with Gasteiger partial charge in [0.05, 0.1) is 39.9 Å². The minimum Gasteiger partial charge on any atom is -0.756 e. The summed E-state index contributed by atoms with van der Waals surface area (Å²) in [7, 11) is 1.22. The van der Waals surface area contributed by atoms with Gasteiger partial charge in [-0.3, -0.25) is 9.36 Å². The van der Waals surface area contributed by atoms with Gasteiger partial charge in [0.1, 0.15) is 13.2 Å². The molecule has 0 bridgehead atoms. The number of phosphoric ester groups is 1. The number of nitrogens with zero attached hydrogens (tertiary/aromatic N) is 1. The number of unbranched alkanes of at least 4 members (excludes halogenated alkanes) is 27. The van der Waals surface area contributed by atoms with Gasteiger partial charge < -0.3 is 28.8 Å². The van der Waals surface area contributed by atoms with Crippen molar-refractivity contribution in [3.05, 3.63) is 122 Å². The van der Waals surface area contributed by atoms with E-state index in [1.165, 1.54) is 128 Å². The third-order valence-corrected chi connectivity index (χ3v) is 14.9. The van der Waals surface area contributed by atoms with Crippen LogP contribution in [0.4, 0.5) is 0 Å². The molecule has 0 aromatic heterocycles. The summed E-state index contributed by atoms with van der Waals surface area (Å²) < 4.78 is 23.4. The molecule has 3 atom stereocenters. The second kappa shape index (κ2) is 59.5. The number of carbonyl (C=O) groups excluding carboxylic acids is 1. The van der Waals surface area contributed by atoms with Crippen molar-refractivity contribution in [2.24, 2.45) is 0 Å².